The molecule has 0 bridgehead atoms. The Hall–Kier alpha value is -0.590. The van der Waals surface area contributed by atoms with Crippen molar-refractivity contribution < 1.29 is 4.79 Å². The fraction of sp³-hybridized carbons (Fsp3) is 0.727. The van der Waals surface area contributed by atoms with E-state index in [2.05, 4.69) is 33.8 Å². The number of rotatable bonds is 4. The molecule has 0 amide bonds. The molecule has 0 spiro atoms. The molecular weight excluding hydrogens is 148 g/mol. The summed E-state index contributed by atoms with van der Waals surface area (Å²) in [4.78, 5) is 10.0. The van der Waals surface area contributed by atoms with Gasteiger partial charge in [-0.25, -0.2) is 0 Å². The number of unbranched alkanes of at least 4 members (excludes halogenated alkanes) is 1. The van der Waals surface area contributed by atoms with Crippen LogP contribution in [0, 0.1) is 5.41 Å². The van der Waals surface area contributed by atoms with Crippen molar-refractivity contribution in [1.82, 2.24) is 0 Å². The van der Waals surface area contributed by atoms with E-state index in [0.29, 0.717) is 11.8 Å². The standard InChI is InChI=1S/C11H20O/c1-10(7-5-6-8-12)9-11(2,3)4/h7-8H,5-6,9H2,1-4H3. The molecule has 0 N–H and O–H groups in total. The summed E-state index contributed by atoms with van der Waals surface area (Å²) in [7, 11) is 0. The molecule has 0 aromatic carbocycles. The summed E-state index contributed by atoms with van der Waals surface area (Å²) in [6.45, 7) is 8.81. The Morgan fingerprint density at radius 2 is 1.83 bits per heavy atom. The topological polar surface area (TPSA) is 17.1 Å². The van der Waals surface area contributed by atoms with E-state index >= 15 is 0 Å². The van der Waals surface area contributed by atoms with Gasteiger partial charge in [-0.05, 0) is 25.2 Å². The first-order valence-corrected chi connectivity index (χ1v) is 4.55. The van der Waals surface area contributed by atoms with Crippen molar-refractivity contribution in [2.45, 2.75) is 47.0 Å². The van der Waals surface area contributed by atoms with Crippen LogP contribution in [0.15, 0.2) is 11.6 Å². The normalized spacial score (nSPS) is 13.2. The van der Waals surface area contributed by atoms with Crippen LogP contribution >= 0.6 is 0 Å². The van der Waals surface area contributed by atoms with Gasteiger partial charge in [0.05, 0.1) is 0 Å². The van der Waals surface area contributed by atoms with E-state index in [4.69, 9.17) is 0 Å². The zero-order chi connectivity index (χ0) is 9.61. The van der Waals surface area contributed by atoms with E-state index in [-0.39, 0.29) is 0 Å². The van der Waals surface area contributed by atoms with Gasteiger partial charge in [0.25, 0.3) is 0 Å². The number of hydrogen-bond acceptors (Lipinski definition) is 1. The Bertz CT molecular complexity index is 160. The number of aldehydes is 1. The molecule has 1 heteroatoms. The van der Waals surface area contributed by atoms with Crippen LogP contribution in [0.1, 0.15) is 47.0 Å². The molecule has 1 nitrogen and oxygen atoms in total. The van der Waals surface area contributed by atoms with Gasteiger partial charge in [-0.15, -0.1) is 0 Å². The summed E-state index contributed by atoms with van der Waals surface area (Å²) in [5, 5.41) is 0. The maximum absolute atomic E-state index is 10.0. The number of allylic oxidation sites excluding steroid dienone is 2. The minimum Gasteiger partial charge on any atom is -0.303 e. The van der Waals surface area contributed by atoms with Crippen molar-refractivity contribution in [1.29, 1.82) is 0 Å². The van der Waals surface area contributed by atoms with Crippen LogP contribution in [-0.2, 0) is 4.79 Å². The summed E-state index contributed by atoms with van der Waals surface area (Å²) in [6.07, 6.45) is 5.80. The van der Waals surface area contributed by atoms with Crippen LogP contribution in [0.5, 0.6) is 0 Å². The zero-order valence-corrected chi connectivity index (χ0v) is 8.68. The summed E-state index contributed by atoms with van der Waals surface area (Å²) in [5.74, 6) is 0. The fourth-order valence-electron chi connectivity index (χ4n) is 1.31. The molecule has 0 saturated carbocycles. The molecule has 0 aromatic rings. The molecule has 0 fully saturated rings. The van der Waals surface area contributed by atoms with Gasteiger partial charge < -0.3 is 4.79 Å². The minimum atomic E-state index is 0.363. The number of hydrogen-bond donors (Lipinski definition) is 0. The van der Waals surface area contributed by atoms with Crippen molar-refractivity contribution in [3.05, 3.63) is 11.6 Å². The number of carbonyl (C=O) groups is 1. The SMILES string of the molecule is CC(=CCCC=O)CC(C)(C)C. The molecule has 0 rings (SSSR count). The van der Waals surface area contributed by atoms with Gasteiger partial charge in [-0.3, -0.25) is 0 Å². The van der Waals surface area contributed by atoms with E-state index < -0.39 is 0 Å². The second-order valence-corrected chi connectivity index (χ2v) is 4.53. The Morgan fingerprint density at radius 3 is 2.25 bits per heavy atom. The Kier molecular flexibility index (Phi) is 4.87. The van der Waals surface area contributed by atoms with Gasteiger partial charge in [0.2, 0.25) is 0 Å². The Labute approximate surface area is 75.9 Å². The third-order valence-corrected chi connectivity index (χ3v) is 1.59. The van der Waals surface area contributed by atoms with Crippen LogP contribution in [0.25, 0.3) is 0 Å². The average molecular weight is 168 g/mol. The van der Waals surface area contributed by atoms with Gasteiger partial charge in [0.1, 0.15) is 6.29 Å². The maximum atomic E-state index is 10.0. The second-order valence-electron chi connectivity index (χ2n) is 4.53. The maximum Gasteiger partial charge on any atom is 0.120 e. The van der Waals surface area contributed by atoms with Crippen LogP contribution in [-0.4, -0.2) is 6.29 Å². The first-order valence-electron chi connectivity index (χ1n) is 4.55. The van der Waals surface area contributed by atoms with Crippen molar-refractivity contribution in [3.63, 3.8) is 0 Å². The molecule has 0 radical (unpaired) electrons. The van der Waals surface area contributed by atoms with Crippen LogP contribution in [0.3, 0.4) is 0 Å². The quantitative estimate of drug-likeness (QED) is 0.357. The highest BCUT2D eigenvalue weighted by Crippen LogP contribution is 2.23. The van der Waals surface area contributed by atoms with E-state index in [9.17, 15) is 4.79 Å². The van der Waals surface area contributed by atoms with Crippen molar-refractivity contribution in [2.75, 3.05) is 0 Å². The lowest BCUT2D eigenvalue weighted by molar-refractivity contribution is -0.107. The van der Waals surface area contributed by atoms with Crippen molar-refractivity contribution in [2.24, 2.45) is 5.41 Å². The Balaban J connectivity index is 3.77. The van der Waals surface area contributed by atoms with Crippen LogP contribution in [0.4, 0.5) is 0 Å². The molecular formula is C11H20O. The minimum absolute atomic E-state index is 0.363. The highest BCUT2D eigenvalue weighted by molar-refractivity contribution is 5.49. The number of carbonyl (C=O) groups excluding carboxylic acids is 1. The molecule has 0 aliphatic carbocycles. The van der Waals surface area contributed by atoms with Gasteiger partial charge in [0, 0.05) is 6.42 Å². The lowest BCUT2D eigenvalue weighted by atomic mass is 9.88. The third kappa shape index (κ3) is 7.52. The van der Waals surface area contributed by atoms with Crippen molar-refractivity contribution in [3.8, 4) is 0 Å². The largest absolute Gasteiger partial charge is 0.303 e. The molecule has 0 saturated heterocycles. The smallest absolute Gasteiger partial charge is 0.120 e. The lowest BCUT2D eigenvalue weighted by Crippen LogP contribution is -2.04. The molecule has 12 heavy (non-hydrogen) atoms. The molecule has 0 aliphatic heterocycles. The van der Waals surface area contributed by atoms with E-state index in [0.717, 1.165) is 19.1 Å². The molecule has 70 valence electrons. The highest BCUT2D eigenvalue weighted by atomic mass is 16.1. The van der Waals surface area contributed by atoms with Crippen molar-refractivity contribution >= 4 is 6.29 Å². The first kappa shape index (κ1) is 11.4. The Morgan fingerprint density at radius 1 is 1.25 bits per heavy atom. The summed E-state index contributed by atoms with van der Waals surface area (Å²) < 4.78 is 0. The predicted molar refractivity (Wildman–Crippen MR) is 53.1 cm³/mol. The summed E-state index contributed by atoms with van der Waals surface area (Å²) in [5.41, 5.74) is 1.76. The van der Waals surface area contributed by atoms with Gasteiger partial charge in [-0.2, -0.15) is 0 Å². The summed E-state index contributed by atoms with van der Waals surface area (Å²) >= 11 is 0. The fourth-order valence-corrected chi connectivity index (χ4v) is 1.31. The third-order valence-electron chi connectivity index (χ3n) is 1.59. The second kappa shape index (κ2) is 5.13. The highest BCUT2D eigenvalue weighted by Gasteiger charge is 2.09. The molecule has 0 atom stereocenters. The van der Waals surface area contributed by atoms with E-state index in [1.165, 1.54) is 5.57 Å². The predicted octanol–water partition coefficient (Wildman–Crippen LogP) is 3.35. The molecule has 0 aliphatic rings. The van der Waals surface area contributed by atoms with Gasteiger partial charge in [0.15, 0.2) is 0 Å². The monoisotopic (exact) mass is 168 g/mol. The van der Waals surface area contributed by atoms with Crippen LogP contribution < -0.4 is 0 Å². The molecule has 0 heterocycles. The molecule has 0 unspecified atom stereocenters. The van der Waals surface area contributed by atoms with E-state index in [1.54, 1.807) is 0 Å². The first-order chi connectivity index (χ1) is 5.45. The van der Waals surface area contributed by atoms with Gasteiger partial charge in [-0.1, -0.05) is 32.4 Å². The van der Waals surface area contributed by atoms with Crippen LogP contribution in [0.2, 0.25) is 0 Å². The zero-order valence-electron chi connectivity index (χ0n) is 8.68. The lowest BCUT2D eigenvalue weighted by Gasteiger charge is -2.18. The van der Waals surface area contributed by atoms with E-state index in [1.807, 2.05) is 0 Å². The molecule has 0 aromatic heterocycles. The summed E-state index contributed by atoms with van der Waals surface area (Å²) in [6, 6.07) is 0. The van der Waals surface area contributed by atoms with Gasteiger partial charge >= 0.3 is 0 Å². The average Bonchev–Trinajstić information content (AvgIpc) is 1.84.